The number of benzene rings is 2. The number of halogens is 2. The molecule has 0 bridgehead atoms. The van der Waals surface area contributed by atoms with Crippen LogP contribution in [0.25, 0.3) is 0 Å². The van der Waals surface area contributed by atoms with Crippen molar-refractivity contribution in [1.29, 1.82) is 0 Å². The minimum atomic E-state index is -0.716. The molecule has 2 amide bonds. The van der Waals surface area contributed by atoms with Crippen LogP contribution in [0.5, 0.6) is 5.75 Å². The smallest absolute Gasteiger partial charge is 0.321 e. The van der Waals surface area contributed by atoms with Gasteiger partial charge in [0.25, 0.3) is 0 Å². The molecule has 0 saturated heterocycles. The van der Waals surface area contributed by atoms with Gasteiger partial charge in [0, 0.05) is 6.07 Å². The first kappa shape index (κ1) is 15.8. The molecule has 4 nitrogen and oxygen atoms in total. The normalized spacial score (nSPS) is 10.2. The second-order valence-electron chi connectivity index (χ2n) is 4.79. The molecule has 0 fully saturated rings. The number of hydrogen-bond acceptors (Lipinski definition) is 2. The van der Waals surface area contributed by atoms with Gasteiger partial charge in [-0.1, -0.05) is 6.07 Å². The van der Waals surface area contributed by atoms with E-state index in [1.165, 1.54) is 0 Å². The van der Waals surface area contributed by atoms with Crippen molar-refractivity contribution in [2.24, 2.45) is 0 Å². The molecule has 0 radical (unpaired) electrons. The van der Waals surface area contributed by atoms with E-state index in [1.54, 1.807) is 6.07 Å². The molecule has 0 saturated carbocycles. The van der Waals surface area contributed by atoms with Gasteiger partial charge in [0.1, 0.15) is 17.4 Å². The first-order valence-corrected chi connectivity index (χ1v) is 6.65. The van der Waals surface area contributed by atoms with Gasteiger partial charge in [0.15, 0.2) is 6.73 Å². The molecule has 22 heavy (non-hydrogen) atoms. The Kier molecular flexibility index (Phi) is 4.93. The standard InChI is InChI=1S/C16H16F2N2O2/c1-10-3-5-13(7-11(10)2)22-9-19-16(21)20-15-8-12(17)4-6-14(15)18/h3-8H,9H2,1-2H3,(H2,19,20,21). The van der Waals surface area contributed by atoms with Crippen LogP contribution in [0.3, 0.4) is 0 Å². The molecule has 2 rings (SSSR count). The third-order valence-corrected chi connectivity index (χ3v) is 3.13. The van der Waals surface area contributed by atoms with Gasteiger partial charge in [-0.15, -0.1) is 0 Å². The first-order chi connectivity index (χ1) is 10.5. The molecule has 0 spiro atoms. The Balaban J connectivity index is 1.85. The van der Waals surface area contributed by atoms with Crippen molar-refractivity contribution in [2.45, 2.75) is 13.8 Å². The summed E-state index contributed by atoms with van der Waals surface area (Å²) in [5, 5.41) is 4.61. The zero-order chi connectivity index (χ0) is 16.1. The highest BCUT2D eigenvalue weighted by Gasteiger charge is 2.07. The van der Waals surface area contributed by atoms with E-state index in [0.717, 1.165) is 29.3 Å². The van der Waals surface area contributed by atoms with Crippen molar-refractivity contribution in [1.82, 2.24) is 5.32 Å². The molecule has 0 aliphatic carbocycles. The quantitative estimate of drug-likeness (QED) is 0.845. The molecule has 2 aromatic rings. The number of nitrogens with one attached hydrogen (secondary N) is 2. The number of carbonyl (C=O) groups excluding carboxylic acids is 1. The summed E-state index contributed by atoms with van der Waals surface area (Å²) < 4.78 is 31.7. The molecular formula is C16H16F2N2O2. The fourth-order valence-corrected chi connectivity index (χ4v) is 1.75. The van der Waals surface area contributed by atoms with E-state index in [0.29, 0.717) is 5.75 Å². The fourth-order valence-electron chi connectivity index (χ4n) is 1.75. The predicted molar refractivity (Wildman–Crippen MR) is 79.9 cm³/mol. The number of ether oxygens (including phenoxy) is 1. The highest BCUT2D eigenvalue weighted by Crippen LogP contribution is 2.16. The van der Waals surface area contributed by atoms with Gasteiger partial charge < -0.3 is 15.4 Å². The molecule has 0 heterocycles. The van der Waals surface area contributed by atoms with Crippen molar-refractivity contribution < 1.29 is 18.3 Å². The van der Waals surface area contributed by atoms with Gasteiger partial charge in [0.05, 0.1) is 5.69 Å². The van der Waals surface area contributed by atoms with Crippen LogP contribution < -0.4 is 15.4 Å². The van der Waals surface area contributed by atoms with Crippen LogP contribution in [0.1, 0.15) is 11.1 Å². The molecule has 0 unspecified atom stereocenters. The Morgan fingerprint density at radius 1 is 1.09 bits per heavy atom. The van der Waals surface area contributed by atoms with Gasteiger partial charge in [-0.25, -0.2) is 13.6 Å². The van der Waals surface area contributed by atoms with Crippen LogP contribution in [0, 0.1) is 25.5 Å². The third kappa shape index (κ3) is 4.18. The molecule has 116 valence electrons. The number of anilines is 1. The van der Waals surface area contributed by atoms with Gasteiger partial charge in [-0.3, -0.25) is 0 Å². The van der Waals surface area contributed by atoms with Crippen molar-refractivity contribution in [3.63, 3.8) is 0 Å². The van der Waals surface area contributed by atoms with Crippen LogP contribution in [0.4, 0.5) is 19.3 Å². The Labute approximate surface area is 127 Å². The summed E-state index contributed by atoms with van der Waals surface area (Å²) in [5.74, 6) is -0.741. The Hall–Kier alpha value is -2.63. The van der Waals surface area contributed by atoms with E-state index in [1.807, 2.05) is 26.0 Å². The van der Waals surface area contributed by atoms with Crippen molar-refractivity contribution in [3.05, 3.63) is 59.2 Å². The SMILES string of the molecule is Cc1ccc(OCNC(=O)Nc2cc(F)ccc2F)cc1C. The number of rotatable bonds is 4. The second-order valence-corrected chi connectivity index (χ2v) is 4.79. The highest BCUT2D eigenvalue weighted by molar-refractivity contribution is 5.89. The van der Waals surface area contributed by atoms with Crippen LogP contribution in [-0.2, 0) is 0 Å². The van der Waals surface area contributed by atoms with E-state index in [4.69, 9.17) is 4.74 Å². The monoisotopic (exact) mass is 306 g/mol. The summed E-state index contributed by atoms with van der Waals surface area (Å²) in [7, 11) is 0. The van der Waals surface area contributed by atoms with Crippen molar-refractivity contribution in [2.75, 3.05) is 12.0 Å². The van der Waals surface area contributed by atoms with Gasteiger partial charge in [-0.2, -0.15) is 0 Å². The minimum absolute atomic E-state index is 0.0920. The molecule has 2 N–H and O–H groups in total. The third-order valence-electron chi connectivity index (χ3n) is 3.13. The molecular weight excluding hydrogens is 290 g/mol. The first-order valence-electron chi connectivity index (χ1n) is 6.65. The molecule has 0 aliphatic rings. The molecule has 0 atom stereocenters. The maximum absolute atomic E-state index is 13.4. The van der Waals surface area contributed by atoms with Gasteiger partial charge in [0.2, 0.25) is 0 Å². The van der Waals surface area contributed by atoms with Crippen molar-refractivity contribution in [3.8, 4) is 5.75 Å². The van der Waals surface area contributed by atoms with Crippen molar-refractivity contribution >= 4 is 11.7 Å². The van der Waals surface area contributed by atoms with Gasteiger partial charge >= 0.3 is 6.03 Å². The number of amides is 2. The van der Waals surface area contributed by atoms with Crippen LogP contribution in [0.15, 0.2) is 36.4 Å². The van der Waals surface area contributed by atoms with E-state index in [9.17, 15) is 13.6 Å². The summed E-state index contributed by atoms with van der Waals surface area (Å²) in [4.78, 5) is 11.6. The van der Waals surface area contributed by atoms with E-state index >= 15 is 0 Å². The minimum Gasteiger partial charge on any atom is -0.473 e. The lowest BCUT2D eigenvalue weighted by Gasteiger charge is -2.11. The maximum Gasteiger partial charge on any atom is 0.321 e. The van der Waals surface area contributed by atoms with Crippen LogP contribution in [0.2, 0.25) is 0 Å². The highest BCUT2D eigenvalue weighted by atomic mass is 19.1. The Bertz CT molecular complexity index is 690. The largest absolute Gasteiger partial charge is 0.473 e. The van der Waals surface area contributed by atoms with Gasteiger partial charge in [-0.05, 0) is 49.2 Å². The molecule has 0 aliphatic heterocycles. The summed E-state index contributed by atoms with van der Waals surface area (Å²) in [6.07, 6.45) is 0. The van der Waals surface area contributed by atoms with E-state index in [-0.39, 0.29) is 12.4 Å². The lowest BCUT2D eigenvalue weighted by atomic mass is 10.1. The average Bonchev–Trinajstić information content (AvgIpc) is 2.47. The second kappa shape index (κ2) is 6.89. The number of carbonyl (C=O) groups is 1. The zero-order valence-electron chi connectivity index (χ0n) is 12.2. The van der Waals surface area contributed by atoms with Crippen LogP contribution >= 0.6 is 0 Å². The number of aryl methyl sites for hydroxylation is 2. The van der Waals surface area contributed by atoms with E-state index < -0.39 is 17.7 Å². The lowest BCUT2D eigenvalue weighted by Crippen LogP contribution is -2.32. The zero-order valence-corrected chi connectivity index (χ0v) is 12.2. The van der Waals surface area contributed by atoms with Crippen LogP contribution in [-0.4, -0.2) is 12.8 Å². The molecule has 2 aromatic carbocycles. The summed E-state index contributed by atoms with van der Waals surface area (Å²) >= 11 is 0. The Morgan fingerprint density at radius 3 is 2.59 bits per heavy atom. The lowest BCUT2D eigenvalue weighted by molar-refractivity contribution is 0.234. The number of urea groups is 1. The topological polar surface area (TPSA) is 50.4 Å². The average molecular weight is 306 g/mol. The summed E-state index contributed by atoms with van der Waals surface area (Å²) in [5.41, 5.74) is 1.98. The maximum atomic E-state index is 13.4. The molecule has 0 aromatic heterocycles. The fraction of sp³-hybridized carbons (Fsp3) is 0.188. The summed E-state index contributed by atoms with van der Waals surface area (Å²) in [6.45, 7) is 3.85. The number of hydrogen-bond donors (Lipinski definition) is 2. The van der Waals surface area contributed by atoms with E-state index in [2.05, 4.69) is 10.6 Å². The predicted octanol–water partition coefficient (Wildman–Crippen LogP) is 3.74. The summed E-state index contributed by atoms with van der Waals surface area (Å²) in [6, 6.07) is 7.67. The Morgan fingerprint density at radius 2 is 1.86 bits per heavy atom. The molecule has 6 heteroatoms.